The molecule has 0 unspecified atom stereocenters. The summed E-state index contributed by atoms with van der Waals surface area (Å²) in [4.78, 5) is 28.0. The van der Waals surface area contributed by atoms with Crippen LogP contribution in [-0.2, 0) is 17.6 Å². The molecule has 43 heavy (non-hydrogen) atoms. The van der Waals surface area contributed by atoms with Crippen molar-refractivity contribution >= 4 is 22.5 Å². The number of likely N-dealkylation sites (tertiary alicyclic amines) is 1. The quantitative estimate of drug-likeness (QED) is 0.369. The van der Waals surface area contributed by atoms with E-state index in [0.717, 1.165) is 62.7 Å². The van der Waals surface area contributed by atoms with Crippen LogP contribution in [0, 0.1) is 5.82 Å². The number of rotatable bonds is 6. The fraction of sp³-hybridized carbons (Fsp3) is 0.500. The largest absolute Gasteiger partial charge is 0.461 e. The van der Waals surface area contributed by atoms with E-state index in [2.05, 4.69) is 32.4 Å². The second-order valence-electron chi connectivity index (χ2n) is 13.0. The van der Waals surface area contributed by atoms with Crippen molar-refractivity contribution in [3.8, 4) is 17.1 Å². The summed E-state index contributed by atoms with van der Waals surface area (Å²) in [5, 5.41) is 0.635. The van der Waals surface area contributed by atoms with Gasteiger partial charge in [-0.15, -0.1) is 0 Å². The number of benzene rings is 2. The maximum atomic E-state index is 16.7. The molecule has 0 spiro atoms. The van der Waals surface area contributed by atoms with Crippen molar-refractivity contribution in [2.24, 2.45) is 0 Å². The maximum absolute atomic E-state index is 16.7. The van der Waals surface area contributed by atoms with Crippen molar-refractivity contribution in [2.75, 3.05) is 37.7 Å². The fourth-order valence-corrected chi connectivity index (χ4v) is 8.60. The normalized spacial score (nSPS) is 28.0. The van der Waals surface area contributed by atoms with Crippen LogP contribution in [0.1, 0.15) is 49.7 Å². The molecule has 2 aromatic carbocycles. The number of amides is 1. The number of hydrogen-bond acceptors (Lipinski definition) is 6. The topological polar surface area (TPSA) is 61.8 Å². The van der Waals surface area contributed by atoms with Gasteiger partial charge < -0.3 is 14.5 Å². The molecule has 0 bridgehead atoms. The molecule has 8 rings (SSSR count). The standard InChI is InChI=1S/C34H37F2N5O2/c1-2-30(42)40-14-11-27-29(40)19-41(27)28-15-25(24-10-5-8-21-7-3-4-9-23(21)24)31(36)32-26(28)17-37-33(38-32)43-20-34-12-6-13-39(34)18-22(35)16-34/h2,5,8,10,15,17,22,27,29H,1,3-4,6-7,9,11-14,16,18-20H2/t22-,27+,29-,34+/m1/s1. The number of carbonyl (C=O) groups is 1. The van der Waals surface area contributed by atoms with Gasteiger partial charge in [0.2, 0.25) is 5.91 Å². The summed E-state index contributed by atoms with van der Waals surface area (Å²) in [6.07, 6.45) is 9.57. The van der Waals surface area contributed by atoms with Crippen LogP contribution in [0.25, 0.3) is 22.0 Å². The first-order chi connectivity index (χ1) is 21.0. The van der Waals surface area contributed by atoms with Gasteiger partial charge in [-0.1, -0.05) is 24.8 Å². The summed E-state index contributed by atoms with van der Waals surface area (Å²) in [6, 6.07) is 8.56. The molecule has 4 saturated heterocycles. The summed E-state index contributed by atoms with van der Waals surface area (Å²) in [6.45, 7) is 6.63. The lowest BCUT2D eigenvalue weighted by molar-refractivity contribution is -0.127. The van der Waals surface area contributed by atoms with E-state index in [0.29, 0.717) is 43.6 Å². The Morgan fingerprint density at radius 3 is 2.91 bits per heavy atom. The number of alkyl halides is 1. The number of fused-ring (bicyclic) bond motifs is 4. The highest BCUT2D eigenvalue weighted by atomic mass is 19.1. The molecule has 5 aliphatic rings. The first kappa shape index (κ1) is 27.0. The van der Waals surface area contributed by atoms with Gasteiger partial charge in [0.25, 0.3) is 0 Å². The van der Waals surface area contributed by atoms with Crippen molar-refractivity contribution in [3.05, 3.63) is 60.1 Å². The Morgan fingerprint density at radius 2 is 2.02 bits per heavy atom. The molecular formula is C34H37F2N5O2. The van der Waals surface area contributed by atoms with E-state index in [4.69, 9.17) is 4.74 Å². The summed E-state index contributed by atoms with van der Waals surface area (Å²) < 4.78 is 37.1. The Kier molecular flexibility index (Phi) is 6.44. The van der Waals surface area contributed by atoms with Crippen molar-refractivity contribution < 1.29 is 18.3 Å². The molecule has 4 atom stereocenters. The molecule has 0 saturated carbocycles. The molecule has 1 amide bonds. The highest BCUT2D eigenvalue weighted by molar-refractivity contribution is 5.97. The first-order valence-corrected chi connectivity index (χ1v) is 15.8. The van der Waals surface area contributed by atoms with Gasteiger partial charge in [-0.05, 0) is 80.3 Å². The maximum Gasteiger partial charge on any atom is 0.317 e. The Hall–Kier alpha value is -3.59. The van der Waals surface area contributed by atoms with Gasteiger partial charge in [0, 0.05) is 48.9 Å². The highest BCUT2D eigenvalue weighted by Gasteiger charge is 2.50. The van der Waals surface area contributed by atoms with Crippen LogP contribution in [0.3, 0.4) is 0 Å². The molecule has 9 heteroatoms. The van der Waals surface area contributed by atoms with Crippen LogP contribution in [-0.4, -0.2) is 82.3 Å². The lowest BCUT2D eigenvalue weighted by Gasteiger charge is -2.48. The van der Waals surface area contributed by atoms with Crippen LogP contribution in [0.5, 0.6) is 6.01 Å². The lowest BCUT2D eigenvalue weighted by atomic mass is 9.85. The van der Waals surface area contributed by atoms with Gasteiger partial charge in [-0.3, -0.25) is 9.69 Å². The zero-order chi connectivity index (χ0) is 29.3. The van der Waals surface area contributed by atoms with E-state index in [1.54, 1.807) is 6.20 Å². The fourth-order valence-electron chi connectivity index (χ4n) is 8.60. The first-order valence-electron chi connectivity index (χ1n) is 15.8. The smallest absolute Gasteiger partial charge is 0.317 e. The minimum Gasteiger partial charge on any atom is -0.461 e. The van der Waals surface area contributed by atoms with E-state index in [-0.39, 0.29) is 40.9 Å². The number of nitrogens with zero attached hydrogens (tertiary/aromatic N) is 5. The molecule has 4 fully saturated rings. The Morgan fingerprint density at radius 1 is 1.14 bits per heavy atom. The number of hydrogen-bond donors (Lipinski definition) is 0. The summed E-state index contributed by atoms with van der Waals surface area (Å²) in [7, 11) is 0. The van der Waals surface area contributed by atoms with Crippen LogP contribution in [0.2, 0.25) is 0 Å². The van der Waals surface area contributed by atoms with Gasteiger partial charge in [-0.25, -0.2) is 13.8 Å². The highest BCUT2D eigenvalue weighted by Crippen LogP contribution is 2.45. The van der Waals surface area contributed by atoms with Crippen LogP contribution >= 0.6 is 0 Å². The Bertz CT molecular complexity index is 1630. The SMILES string of the molecule is C=CC(=O)N1CC[C@H]2[C@H]1CN2c1cc(-c2cccc3c2CCCC3)c(F)c2nc(OC[C@@]34CCCN3C[C@H](F)C4)ncc12. The number of carbonyl (C=O) groups excluding carboxylic acids is 1. The van der Waals surface area contributed by atoms with Gasteiger partial charge in [0.05, 0.1) is 17.6 Å². The van der Waals surface area contributed by atoms with Gasteiger partial charge in [0.1, 0.15) is 18.3 Å². The molecule has 4 aliphatic heterocycles. The van der Waals surface area contributed by atoms with Crippen molar-refractivity contribution in [1.29, 1.82) is 0 Å². The molecule has 1 aromatic heterocycles. The van der Waals surface area contributed by atoms with Gasteiger partial charge >= 0.3 is 6.01 Å². The van der Waals surface area contributed by atoms with E-state index in [9.17, 15) is 9.18 Å². The average molecular weight is 586 g/mol. The van der Waals surface area contributed by atoms with E-state index < -0.39 is 6.17 Å². The minimum atomic E-state index is -0.852. The second kappa shape index (κ2) is 10.3. The molecule has 1 aliphatic carbocycles. The minimum absolute atomic E-state index is 0.0421. The van der Waals surface area contributed by atoms with E-state index in [1.165, 1.54) is 17.2 Å². The zero-order valence-electron chi connectivity index (χ0n) is 24.4. The van der Waals surface area contributed by atoms with Crippen molar-refractivity contribution in [3.63, 3.8) is 0 Å². The number of aryl methyl sites for hydroxylation is 1. The number of aromatic nitrogens is 2. The molecule has 7 nitrogen and oxygen atoms in total. The van der Waals surface area contributed by atoms with Crippen LogP contribution < -0.4 is 9.64 Å². The Labute approximate surface area is 250 Å². The molecule has 3 aromatic rings. The van der Waals surface area contributed by atoms with Gasteiger partial charge in [-0.2, -0.15) is 4.98 Å². The summed E-state index contributed by atoms with van der Waals surface area (Å²) in [5.74, 6) is -0.415. The number of ether oxygens (including phenoxy) is 1. The monoisotopic (exact) mass is 585 g/mol. The molecule has 224 valence electrons. The van der Waals surface area contributed by atoms with Gasteiger partial charge in [0.15, 0.2) is 5.82 Å². The zero-order valence-corrected chi connectivity index (χ0v) is 24.4. The van der Waals surface area contributed by atoms with Crippen molar-refractivity contribution in [2.45, 2.75) is 75.2 Å². The van der Waals surface area contributed by atoms with Crippen molar-refractivity contribution in [1.82, 2.24) is 19.8 Å². The molecule has 5 heterocycles. The third-order valence-electron chi connectivity index (χ3n) is 10.7. The van der Waals surface area contributed by atoms with E-state index in [1.807, 2.05) is 23.1 Å². The molecule has 0 radical (unpaired) electrons. The summed E-state index contributed by atoms with van der Waals surface area (Å²) >= 11 is 0. The molecule has 0 N–H and O–H groups in total. The predicted molar refractivity (Wildman–Crippen MR) is 162 cm³/mol. The Balaban J connectivity index is 1.20. The summed E-state index contributed by atoms with van der Waals surface area (Å²) in [5.41, 5.74) is 4.76. The number of halogens is 2. The van der Waals surface area contributed by atoms with Crippen LogP contribution in [0.15, 0.2) is 43.1 Å². The third-order valence-corrected chi connectivity index (χ3v) is 10.7. The second-order valence-corrected chi connectivity index (χ2v) is 13.0. The number of anilines is 1. The molecular weight excluding hydrogens is 548 g/mol. The average Bonchev–Trinajstić information content (AvgIpc) is 3.66. The van der Waals surface area contributed by atoms with Crippen LogP contribution in [0.4, 0.5) is 14.5 Å². The third kappa shape index (κ3) is 4.25. The van der Waals surface area contributed by atoms with E-state index >= 15 is 4.39 Å². The predicted octanol–water partition coefficient (Wildman–Crippen LogP) is 5.25. The lowest BCUT2D eigenvalue weighted by Crippen LogP contribution is -2.62.